The molecule has 1 fully saturated rings. The van der Waals surface area contributed by atoms with Crippen LogP contribution in [0.15, 0.2) is 5.38 Å². The van der Waals surface area contributed by atoms with E-state index in [2.05, 4.69) is 4.90 Å². The molecule has 0 saturated carbocycles. The molecule has 0 radical (unpaired) electrons. The molecule has 1 aliphatic heterocycles. The number of hydrogen-bond donors (Lipinski definition) is 1. The lowest BCUT2D eigenvalue weighted by Gasteiger charge is -2.14. The smallest absolute Gasteiger partial charge is 0.112 e. The predicted molar refractivity (Wildman–Crippen MR) is 62.2 cm³/mol. The molecule has 0 aromatic carbocycles. The number of rotatable bonds is 2. The lowest BCUT2D eigenvalue weighted by atomic mass is 10.3. The Morgan fingerprint density at radius 1 is 1.57 bits per heavy atom. The third-order valence-electron chi connectivity index (χ3n) is 2.46. The third-order valence-corrected chi connectivity index (χ3v) is 4.37. The number of nitrogens with two attached hydrogens (primary N) is 1. The van der Waals surface area contributed by atoms with E-state index in [1.54, 1.807) is 0 Å². The molecule has 2 heterocycles. The highest BCUT2D eigenvalue weighted by molar-refractivity contribution is 7.15. The fourth-order valence-corrected chi connectivity index (χ4v) is 2.95. The molecule has 14 heavy (non-hydrogen) atoms. The van der Waals surface area contributed by atoms with Gasteiger partial charge in [-0.1, -0.05) is 23.2 Å². The number of nitrogens with zero attached hydrogens (tertiary/aromatic N) is 1. The Bertz CT molecular complexity index is 327. The normalized spacial score (nSPS) is 23.2. The van der Waals surface area contributed by atoms with E-state index in [9.17, 15) is 0 Å². The Kier molecular flexibility index (Phi) is 3.34. The molecule has 1 aliphatic rings. The van der Waals surface area contributed by atoms with Crippen molar-refractivity contribution in [3.05, 3.63) is 20.3 Å². The molecule has 5 heteroatoms. The van der Waals surface area contributed by atoms with E-state index in [1.807, 2.05) is 5.38 Å². The van der Waals surface area contributed by atoms with Gasteiger partial charge in [-0.05, 0) is 17.4 Å². The first-order valence-corrected chi connectivity index (χ1v) is 6.19. The van der Waals surface area contributed by atoms with Crippen LogP contribution in [0.1, 0.15) is 12.0 Å². The van der Waals surface area contributed by atoms with Crippen molar-refractivity contribution >= 4 is 34.5 Å². The van der Waals surface area contributed by atoms with Crippen LogP contribution in [-0.2, 0) is 6.54 Å². The molecule has 1 aromatic heterocycles. The van der Waals surface area contributed by atoms with Crippen LogP contribution in [0.2, 0.25) is 9.36 Å². The Hall–Kier alpha value is 0.200. The SMILES string of the molecule is N[C@@H]1CCN(Cc2csc(Cl)c2Cl)C1. The molecule has 78 valence electrons. The number of halogens is 2. The van der Waals surface area contributed by atoms with E-state index in [0.717, 1.165) is 31.6 Å². The molecule has 2 rings (SSSR count). The van der Waals surface area contributed by atoms with Crippen LogP contribution in [0.5, 0.6) is 0 Å². The van der Waals surface area contributed by atoms with E-state index in [-0.39, 0.29) is 0 Å². The Morgan fingerprint density at radius 2 is 2.36 bits per heavy atom. The zero-order valence-corrected chi connectivity index (χ0v) is 10.0. The van der Waals surface area contributed by atoms with Gasteiger partial charge in [-0.2, -0.15) is 0 Å². The summed E-state index contributed by atoms with van der Waals surface area (Å²) < 4.78 is 0.685. The molecule has 1 saturated heterocycles. The second-order valence-electron chi connectivity index (χ2n) is 3.63. The fourth-order valence-electron chi connectivity index (χ4n) is 1.71. The molecular weight excluding hydrogens is 239 g/mol. The van der Waals surface area contributed by atoms with E-state index >= 15 is 0 Å². The van der Waals surface area contributed by atoms with Crippen molar-refractivity contribution in [3.8, 4) is 0 Å². The number of hydrogen-bond acceptors (Lipinski definition) is 3. The Labute approximate surface area is 97.6 Å². The van der Waals surface area contributed by atoms with Crippen LogP contribution in [0.3, 0.4) is 0 Å². The van der Waals surface area contributed by atoms with Gasteiger partial charge in [0.1, 0.15) is 4.34 Å². The number of likely N-dealkylation sites (tertiary alicyclic amines) is 1. The first-order valence-electron chi connectivity index (χ1n) is 4.56. The van der Waals surface area contributed by atoms with Crippen molar-refractivity contribution in [1.82, 2.24) is 4.90 Å². The molecule has 1 aromatic rings. The van der Waals surface area contributed by atoms with Crippen molar-refractivity contribution in [3.63, 3.8) is 0 Å². The highest BCUT2D eigenvalue weighted by Crippen LogP contribution is 2.33. The summed E-state index contributed by atoms with van der Waals surface area (Å²) in [6, 6.07) is 0.322. The molecule has 2 N–H and O–H groups in total. The van der Waals surface area contributed by atoms with Gasteiger partial charge in [0.2, 0.25) is 0 Å². The maximum absolute atomic E-state index is 6.04. The highest BCUT2D eigenvalue weighted by Gasteiger charge is 2.20. The first kappa shape index (κ1) is 10.7. The van der Waals surface area contributed by atoms with Crippen molar-refractivity contribution in [2.45, 2.75) is 19.0 Å². The topological polar surface area (TPSA) is 29.3 Å². The molecule has 0 aliphatic carbocycles. The second kappa shape index (κ2) is 4.37. The van der Waals surface area contributed by atoms with Gasteiger partial charge in [-0.25, -0.2) is 0 Å². The third kappa shape index (κ3) is 2.23. The van der Waals surface area contributed by atoms with Gasteiger partial charge in [0, 0.05) is 25.7 Å². The van der Waals surface area contributed by atoms with E-state index in [1.165, 1.54) is 11.3 Å². The summed E-state index contributed by atoms with van der Waals surface area (Å²) in [5.74, 6) is 0. The lowest BCUT2D eigenvalue weighted by molar-refractivity contribution is 0.327. The van der Waals surface area contributed by atoms with Crippen molar-refractivity contribution in [2.24, 2.45) is 5.73 Å². The van der Waals surface area contributed by atoms with Crippen molar-refractivity contribution in [1.29, 1.82) is 0 Å². The summed E-state index contributed by atoms with van der Waals surface area (Å²) in [7, 11) is 0. The summed E-state index contributed by atoms with van der Waals surface area (Å²) in [6.07, 6.45) is 1.08. The van der Waals surface area contributed by atoms with Crippen molar-refractivity contribution in [2.75, 3.05) is 13.1 Å². The molecule has 2 nitrogen and oxygen atoms in total. The van der Waals surface area contributed by atoms with Crippen LogP contribution in [0, 0.1) is 0 Å². The maximum atomic E-state index is 6.04. The largest absolute Gasteiger partial charge is 0.326 e. The molecule has 0 unspecified atom stereocenters. The van der Waals surface area contributed by atoms with Gasteiger partial charge in [-0.15, -0.1) is 11.3 Å². The number of thiophene rings is 1. The van der Waals surface area contributed by atoms with Crippen LogP contribution in [0.4, 0.5) is 0 Å². The summed E-state index contributed by atoms with van der Waals surface area (Å²) >= 11 is 13.4. The molecule has 0 amide bonds. The standard InChI is InChI=1S/C9H12Cl2N2S/c10-8-6(5-14-9(8)11)3-13-2-1-7(12)4-13/h5,7H,1-4,12H2/t7-/m1/s1. The fraction of sp³-hybridized carbons (Fsp3) is 0.556. The van der Waals surface area contributed by atoms with Crippen LogP contribution in [-0.4, -0.2) is 24.0 Å². The van der Waals surface area contributed by atoms with E-state index in [0.29, 0.717) is 15.4 Å². The average Bonchev–Trinajstić information content (AvgIpc) is 2.67. The van der Waals surface area contributed by atoms with Crippen LogP contribution < -0.4 is 5.73 Å². The highest BCUT2D eigenvalue weighted by atomic mass is 35.5. The van der Waals surface area contributed by atoms with Gasteiger partial charge < -0.3 is 5.73 Å². The minimum atomic E-state index is 0.322. The molecule has 0 bridgehead atoms. The predicted octanol–water partition coefficient (Wildman–Crippen LogP) is 2.59. The summed E-state index contributed by atoms with van der Waals surface area (Å²) in [6.45, 7) is 2.89. The van der Waals surface area contributed by atoms with Gasteiger partial charge in [0.15, 0.2) is 0 Å². The zero-order valence-electron chi connectivity index (χ0n) is 7.67. The second-order valence-corrected chi connectivity index (χ2v) is 5.49. The Morgan fingerprint density at radius 3 is 2.86 bits per heavy atom. The van der Waals surface area contributed by atoms with Gasteiger partial charge in [0.05, 0.1) is 5.02 Å². The monoisotopic (exact) mass is 250 g/mol. The minimum absolute atomic E-state index is 0.322. The van der Waals surface area contributed by atoms with E-state index < -0.39 is 0 Å². The Balaban J connectivity index is 2.01. The quantitative estimate of drug-likeness (QED) is 0.875. The van der Waals surface area contributed by atoms with E-state index in [4.69, 9.17) is 28.9 Å². The van der Waals surface area contributed by atoms with Crippen molar-refractivity contribution < 1.29 is 0 Å². The van der Waals surface area contributed by atoms with Gasteiger partial charge in [-0.3, -0.25) is 4.90 Å². The van der Waals surface area contributed by atoms with Gasteiger partial charge >= 0.3 is 0 Å². The summed E-state index contributed by atoms with van der Waals surface area (Å²) in [5, 5.41) is 2.73. The molecular formula is C9H12Cl2N2S. The summed E-state index contributed by atoms with van der Waals surface area (Å²) in [4.78, 5) is 2.31. The average molecular weight is 251 g/mol. The lowest BCUT2D eigenvalue weighted by Crippen LogP contribution is -2.26. The van der Waals surface area contributed by atoms with Crippen LogP contribution >= 0.6 is 34.5 Å². The summed E-state index contributed by atoms with van der Waals surface area (Å²) in [5.41, 5.74) is 6.95. The zero-order chi connectivity index (χ0) is 10.1. The van der Waals surface area contributed by atoms with Gasteiger partial charge in [0.25, 0.3) is 0 Å². The minimum Gasteiger partial charge on any atom is -0.326 e. The maximum Gasteiger partial charge on any atom is 0.112 e. The first-order chi connectivity index (χ1) is 6.66. The molecule has 1 atom stereocenters. The molecule has 0 spiro atoms. The van der Waals surface area contributed by atoms with Crippen LogP contribution in [0.25, 0.3) is 0 Å².